The van der Waals surface area contributed by atoms with Gasteiger partial charge in [0.05, 0.1) is 12.7 Å². The number of anilines is 1. The molecule has 1 N–H and O–H groups in total. The zero-order chi connectivity index (χ0) is 11.8. The molecule has 0 unspecified atom stereocenters. The molecule has 1 rings (SSSR count). The van der Waals surface area contributed by atoms with Crippen molar-refractivity contribution >= 4 is 23.4 Å². The van der Waals surface area contributed by atoms with E-state index < -0.39 is 5.97 Å². The Balaban J connectivity index is 0.000000921. The van der Waals surface area contributed by atoms with E-state index in [4.69, 9.17) is 11.6 Å². The molecular formula is C10H15ClN2O2. The van der Waals surface area contributed by atoms with Gasteiger partial charge in [0.25, 0.3) is 0 Å². The highest BCUT2D eigenvalue weighted by atomic mass is 35.5. The van der Waals surface area contributed by atoms with E-state index in [-0.39, 0.29) is 5.15 Å². The number of carbonyl (C=O) groups excluding carboxylic acids is 1. The summed E-state index contributed by atoms with van der Waals surface area (Å²) in [5.74, 6) is 0.105. The van der Waals surface area contributed by atoms with Crippen LogP contribution in [-0.2, 0) is 4.74 Å². The van der Waals surface area contributed by atoms with Crippen LogP contribution in [0.4, 0.5) is 5.82 Å². The van der Waals surface area contributed by atoms with Crippen molar-refractivity contribution in [3.05, 3.63) is 22.8 Å². The summed E-state index contributed by atoms with van der Waals surface area (Å²) < 4.78 is 4.54. The van der Waals surface area contributed by atoms with Gasteiger partial charge >= 0.3 is 5.97 Å². The third-order valence-corrected chi connectivity index (χ3v) is 1.66. The predicted octanol–water partition coefficient (Wildman–Crippen LogP) is 2.59. The number of pyridine rings is 1. The lowest BCUT2D eigenvalue weighted by molar-refractivity contribution is 0.0600. The molecule has 0 saturated heterocycles. The molecule has 1 heterocycles. The fourth-order valence-corrected chi connectivity index (χ4v) is 1.07. The van der Waals surface area contributed by atoms with Crippen molar-refractivity contribution in [2.24, 2.45) is 0 Å². The summed E-state index contributed by atoms with van der Waals surface area (Å²) in [5, 5.41) is 3.04. The SMILES string of the molecule is CC.CNc1cc(C(=O)OC)cc(Cl)n1. The minimum atomic E-state index is -0.430. The Morgan fingerprint density at radius 1 is 1.47 bits per heavy atom. The smallest absolute Gasteiger partial charge is 0.338 e. The van der Waals surface area contributed by atoms with Gasteiger partial charge in [0.15, 0.2) is 0 Å². The quantitative estimate of drug-likeness (QED) is 0.627. The Labute approximate surface area is 94.6 Å². The summed E-state index contributed by atoms with van der Waals surface area (Å²) in [5.41, 5.74) is 0.381. The molecule has 0 radical (unpaired) electrons. The van der Waals surface area contributed by atoms with Crippen molar-refractivity contribution in [3.63, 3.8) is 0 Å². The number of aromatic nitrogens is 1. The molecule has 4 nitrogen and oxygen atoms in total. The van der Waals surface area contributed by atoms with Gasteiger partial charge in [0.1, 0.15) is 11.0 Å². The van der Waals surface area contributed by atoms with Crippen molar-refractivity contribution in [1.82, 2.24) is 4.98 Å². The fraction of sp³-hybridized carbons (Fsp3) is 0.400. The maximum Gasteiger partial charge on any atom is 0.338 e. The molecule has 0 bridgehead atoms. The average molecular weight is 231 g/mol. The topological polar surface area (TPSA) is 51.2 Å². The minimum absolute atomic E-state index is 0.257. The van der Waals surface area contributed by atoms with Crippen LogP contribution in [0.15, 0.2) is 12.1 Å². The largest absolute Gasteiger partial charge is 0.465 e. The van der Waals surface area contributed by atoms with Crippen molar-refractivity contribution in [3.8, 4) is 0 Å². The molecule has 0 aromatic carbocycles. The van der Waals surface area contributed by atoms with Crippen molar-refractivity contribution in [2.45, 2.75) is 13.8 Å². The number of rotatable bonds is 2. The molecule has 0 spiro atoms. The molecule has 1 aromatic rings. The summed E-state index contributed by atoms with van der Waals surface area (Å²) in [6, 6.07) is 3.02. The van der Waals surface area contributed by atoms with Crippen molar-refractivity contribution in [2.75, 3.05) is 19.5 Å². The van der Waals surface area contributed by atoms with E-state index in [1.54, 1.807) is 13.1 Å². The molecule has 1 aromatic heterocycles. The van der Waals surface area contributed by atoms with Crippen LogP contribution in [0.25, 0.3) is 0 Å². The first-order valence-corrected chi connectivity index (χ1v) is 4.99. The van der Waals surface area contributed by atoms with Gasteiger partial charge < -0.3 is 10.1 Å². The summed E-state index contributed by atoms with van der Waals surface area (Å²) >= 11 is 5.67. The van der Waals surface area contributed by atoms with Crippen molar-refractivity contribution < 1.29 is 9.53 Å². The van der Waals surface area contributed by atoms with Crippen LogP contribution < -0.4 is 5.32 Å². The minimum Gasteiger partial charge on any atom is -0.465 e. The first-order chi connectivity index (χ1) is 7.17. The van der Waals surface area contributed by atoms with E-state index in [1.165, 1.54) is 13.2 Å². The van der Waals surface area contributed by atoms with E-state index in [2.05, 4.69) is 15.0 Å². The second-order valence-electron chi connectivity index (χ2n) is 2.31. The van der Waals surface area contributed by atoms with Crippen molar-refractivity contribution in [1.29, 1.82) is 0 Å². The fourth-order valence-electron chi connectivity index (χ4n) is 0.861. The lowest BCUT2D eigenvalue weighted by atomic mass is 10.2. The zero-order valence-electron chi connectivity index (χ0n) is 9.30. The number of methoxy groups -OCH3 is 1. The highest BCUT2D eigenvalue weighted by Gasteiger charge is 2.07. The normalized spacial score (nSPS) is 8.60. The monoisotopic (exact) mass is 230 g/mol. The Bertz CT molecular complexity index is 329. The van der Waals surface area contributed by atoms with Gasteiger partial charge in [-0.3, -0.25) is 0 Å². The Morgan fingerprint density at radius 3 is 2.53 bits per heavy atom. The van der Waals surface area contributed by atoms with Gasteiger partial charge in [0, 0.05) is 7.05 Å². The molecule has 84 valence electrons. The lowest BCUT2D eigenvalue weighted by Crippen LogP contribution is -2.03. The van der Waals surface area contributed by atoms with Gasteiger partial charge in [-0.1, -0.05) is 25.4 Å². The van der Waals surface area contributed by atoms with Crippen LogP contribution in [0, 0.1) is 0 Å². The second-order valence-corrected chi connectivity index (χ2v) is 2.69. The second kappa shape index (κ2) is 7.06. The predicted molar refractivity (Wildman–Crippen MR) is 61.5 cm³/mol. The third-order valence-electron chi connectivity index (χ3n) is 1.47. The van der Waals surface area contributed by atoms with E-state index >= 15 is 0 Å². The lowest BCUT2D eigenvalue weighted by Gasteiger charge is -2.03. The van der Waals surface area contributed by atoms with E-state index in [0.717, 1.165) is 0 Å². The molecule has 0 aliphatic carbocycles. The first kappa shape index (κ1) is 13.7. The molecule has 0 saturated carbocycles. The summed E-state index contributed by atoms with van der Waals surface area (Å²) in [6.45, 7) is 4.00. The van der Waals surface area contributed by atoms with Crippen LogP contribution >= 0.6 is 11.6 Å². The molecule has 0 atom stereocenters. The molecule has 0 amide bonds. The number of nitrogens with one attached hydrogen (secondary N) is 1. The Morgan fingerprint density at radius 2 is 2.07 bits per heavy atom. The molecular weight excluding hydrogens is 216 g/mol. The van der Waals surface area contributed by atoms with Crippen LogP contribution in [0.2, 0.25) is 5.15 Å². The molecule has 5 heteroatoms. The maximum atomic E-state index is 11.1. The number of halogens is 1. The van der Waals surface area contributed by atoms with Gasteiger partial charge in [-0.05, 0) is 12.1 Å². The number of esters is 1. The van der Waals surface area contributed by atoms with Gasteiger partial charge in [-0.2, -0.15) is 0 Å². The summed E-state index contributed by atoms with van der Waals surface area (Å²) in [7, 11) is 3.01. The van der Waals surface area contributed by atoms with Gasteiger partial charge in [-0.15, -0.1) is 0 Å². The third kappa shape index (κ3) is 4.16. The number of hydrogen-bond donors (Lipinski definition) is 1. The number of ether oxygens (including phenoxy) is 1. The van der Waals surface area contributed by atoms with E-state index in [1.807, 2.05) is 13.8 Å². The van der Waals surface area contributed by atoms with Crippen LogP contribution in [0.5, 0.6) is 0 Å². The standard InChI is InChI=1S/C8H9ClN2O2.C2H6/c1-10-7-4-5(8(12)13-2)3-6(9)11-7;1-2/h3-4H,1-2H3,(H,10,11);1-2H3. The number of nitrogens with zero attached hydrogens (tertiary/aromatic N) is 1. The molecule has 0 fully saturated rings. The van der Waals surface area contributed by atoms with E-state index in [0.29, 0.717) is 11.4 Å². The van der Waals surface area contributed by atoms with Crippen LogP contribution in [0.1, 0.15) is 24.2 Å². The average Bonchev–Trinajstić information content (AvgIpc) is 2.29. The highest BCUT2D eigenvalue weighted by Crippen LogP contribution is 2.14. The summed E-state index contributed by atoms with van der Waals surface area (Å²) in [4.78, 5) is 15.0. The number of carbonyl (C=O) groups is 1. The Hall–Kier alpha value is -1.29. The number of hydrogen-bond acceptors (Lipinski definition) is 4. The van der Waals surface area contributed by atoms with Crippen LogP contribution in [-0.4, -0.2) is 25.1 Å². The van der Waals surface area contributed by atoms with Crippen LogP contribution in [0.3, 0.4) is 0 Å². The summed E-state index contributed by atoms with van der Waals surface area (Å²) in [6.07, 6.45) is 0. The van der Waals surface area contributed by atoms with Gasteiger partial charge in [-0.25, -0.2) is 9.78 Å². The maximum absolute atomic E-state index is 11.1. The van der Waals surface area contributed by atoms with E-state index in [9.17, 15) is 4.79 Å². The van der Waals surface area contributed by atoms with Gasteiger partial charge in [0.2, 0.25) is 0 Å². The molecule has 0 aliphatic heterocycles. The first-order valence-electron chi connectivity index (χ1n) is 4.61. The zero-order valence-corrected chi connectivity index (χ0v) is 10.1. The highest BCUT2D eigenvalue weighted by molar-refractivity contribution is 6.29. The molecule has 0 aliphatic rings. The Kier molecular flexibility index (Phi) is 6.45. The molecule has 15 heavy (non-hydrogen) atoms.